The highest BCUT2D eigenvalue weighted by atomic mass is 16.6. The molecule has 1 saturated heterocycles. The van der Waals surface area contributed by atoms with Gasteiger partial charge in [0, 0.05) is 48.6 Å². The van der Waals surface area contributed by atoms with Gasteiger partial charge in [-0.2, -0.15) is 0 Å². The van der Waals surface area contributed by atoms with E-state index in [0.717, 1.165) is 42.9 Å². The maximum absolute atomic E-state index is 13.6. The Balaban J connectivity index is 1.53. The molecule has 3 aromatic rings. The topological polar surface area (TPSA) is 75.9 Å². The molecule has 0 spiro atoms. The molecular weight excluding hydrogens is 430 g/mol. The Bertz CT molecular complexity index is 1140. The summed E-state index contributed by atoms with van der Waals surface area (Å²) < 4.78 is 5.29. The number of carbonyl (C=O) groups is 1. The summed E-state index contributed by atoms with van der Waals surface area (Å²) in [6.45, 7) is 4.04. The lowest BCUT2D eigenvalue weighted by Crippen LogP contribution is -2.47. The van der Waals surface area contributed by atoms with Crippen molar-refractivity contribution in [2.75, 3.05) is 25.1 Å². The lowest BCUT2D eigenvalue weighted by Gasteiger charge is -2.38. The highest BCUT2D eigenvalue weighted by Gasteiger charge is 2.30. The summed E-state index contributed by atoms with van der Waals surface area (Å²) in [6.07, 6.45) is 1.56. The first-order valence-electron chi connectivity index (χ1n) is 11.4. The second kappa shape index (κ2) is 10.5. The Morgan fingerprint density at radius 1 is 1.03 bits per heavy atom. The molecule has 0 unspecified atom stereocenters. The summed E-state index contributed by atoms with van der Waals surface area (Å²) in [5, 5.41) is 11.4. The molecule has 3 aromatic carbocycles. The predicted molar refractivity (Wildman–Crippen MR) is 132 cm³/mol. The van der Waals surface area contributed by atoms with Gasteiger partial charge in [0.05, 0.1) is 12.0 Å². The number of piperidine rings is 1. The fraction of sp³-hybridized carbons (Fsp3) is 0.296. The third-order valence-electron chi connectivity index (χ3n) is 6.37. The van der Waals surface area contributed by atoms with Gasteiger partial charge in [-0.15, -0.1) is 0 Å². The Hall–Kier alpha value is -3.71. The van der Waals surface area contributed by atoms with Gasteiger partial charge in [0.2, 0.25) is 0 Å². The van der Waals surface area contributed by atoms with Crippen LogP contribution in [-0.2, 0) is 6.54 Å². The monoisotopic (exact) mass is 459 g/mol. The van der Waals surface area contributed by atoms with Crippen molar-refractivity contribution in [1.82, 2.24) is 4.90 Å². The lowest BCUT2D eigenvalue weighted by atomic mass is 9.99. The number of hydrogen-bond acceptors (Lipinski definition) is 5. The number of amides is 1. The van der Waals surface area contributed by atoms with Crippen LogP contribution in [0.3, 0.4) is 0 Å². The minimum absolute atomic E-state index is 0.0256. The Labute approximate surface area is 199 Å². The minimum atomic E-state index is -0.326. The molecule has 0 aliphatic carbocycles. The zero-order valence-corrected chi connectivity index (χ0v) is 19.5. The van der Waals surface area contributed by atoms with Gasteiger partial charge in [-0.05, 0) is 56.2 Å². The summed E-state index contributed by atoms with van der Waals surface area (Å²) in [4.78, 5) is 28.8. The van der Waals surface area contributed by atoms with Gasteiger partial charge >= 0.3 is 0 Å². The number of para-hydroxylation sites is 1. The van der Waals surface area contributed by atoms with Crippen molar-refractivity contribution in [3.05, 3.63) is 99.6 Å². The summed E-state index contributed by atoms with van der Waals surface area (Å²) in [7, 11) is 1.62. The number of aryl methyl sites for hydroxylation is 1. The van der Waals surface area contributed by atoms with E-state index in [4.69, 9.17) is 4.74 Å². The molecule has 7 heteroatoms. The number of rotatable bonds is 7. The Kier molecular flexibility index (Phi) is 7.23. The van der Waals surface area contributed by atoms with Crippen LogP contribution >= 0.6 is 0 Å². The van der Waals surface area contributed by atoms with Crippen molar-refractivity contribution in [3.8, 4) is 5.75 Å². The standard InChI is InChI=1S/C27H29N3O4/c1-20-7-9-21(10-8-20)27(31)29(23-11-13-25(34-2)14-12-23)24-15-17-28(18-16-24)19-22-5-3-4-6-26(22)30(32)33/h3-14,24H,15-19H2,1-2H3. The quantitative estimate of drug-likeness (QED) is 0.358. The van der Waals surface area contributed by atoms with Crippen LogP contribution in [0.2, 0.25) is 0 Å². The first kappa shape index (κ1) is 23.4. The number of carbonyl (C=O) groups excluding carboxylic acids is 1. The van der Waals surface area contributed by atoms with Gasteiger partial charge in [0.25, 0.3) is 11.6 Å². The largest absolute Gasteiger partial charge is 0.497 e. The smallest absolute Gasteiger partial charge is 0.273 e. The van der Waals surface area contributed by atoms with E-state index in [1.54, 1.807) is 19.2 Å². The van der Waals surface area contributed by atoms with Crippen molar-refractivity contribution >= 4 is 17.3 Å². The number of benzene rings is 3. The van der Waals surface area contributed by atoms with Crippen LogP contribution < -0.4 is 9.64 Å². The van der Waals surface area contributed by atoms with Crippen molar-refractivity contribution < 1.29 is 14.5 Å². The number of methoxy groups -OCH3 is 1. The van der Waals surface area contributed by atoms with Crippen LogP contribution in [0.25, 0.3) is 0 Å². The van der Waals surface area contributed by atoms with E-state index < -0.39 is 0 Å². The van der Waals surface area contributed by atoms with E-state index in [1.165, 1.54) is 0 Å². The number of hydrogen-bond donors (Lipinski definition) is 0. The number of nitro groups is 1. The molecule has 0 atom stereocenters. The number of anilines is 1. The van der Waals surface area contributed by atoms with E-state index in [2.05, 4.69) is 4.90 Å². The Morgan fingerprint density at radius 2 is 1.68 bits per heavy atom. The molecular formula is C27H29N3O4. The number of ether oxygens (including phenoxy) is 1. The van der Waals surface area contributed by atoms with Gasteiger partial charge < -0.3 is 9.64 Å². The van der Waals surface area contributed by atoms with Crippen molar-refractivity contribution in [2.45, 2.75) is 32.4 Å². The molecule has 0 saturated carbocycles. The van der Waals surface area contributed by atoms with Crippen LogP contribution in [0.4, 0.5) is 11.4 Å². The third kappa shape index (κ3) is 5.26. The molecule has 0 aromatic heterocycles. The van der Waals surface area contributed by atoms with Gasteiger partial charge in [0.1, 0.15) is 5.75 Å². The molecule has 176 valence electrons. The first-order valence-corrected chi connectivity index (χ1v) is 11.4. The maximum atomic E-state index is 13.6. The lowest BCUT2D eigenvalue weighted by molar-refractivity contribution is -0.385. The molecule has 1 fully saturated rings. The highest BCUT2D eigenvalue weighted by Crippen LogP contribution is 2.29. The normalized spacial score (nSPS) is 14.5. The zero-order chi connectivity index (χ0) is 24.1. The molecule has 4 rings (SSSR count). The average Bonchev–Trinajstić information content (AvgIpc) is 2.86. The van der Waals surface area contributed by atoms with Crippen molar-refractivity contribution in [2.24, 2.45) is 0 Å². The third-order valence-corrected chi connectivity index (χ3v) is 6.37. The average molecular weight is 460 g/mol. The summed E-state index contributed by atoms with van der Waals surface area (Å²) in [6, 6.07) is 22.2. The van der Waals surface area contributed by atoms with E-state index in [-0.39, 0.29) is 22.6 Å². The zero-order valence-electron chi connectivity index (χ0n) is 19.5. The van der Waals surface area contributed by atoms with E-state index in [9.17, 15) is 14.9 Å². The van der Waals surface area contributed by atoms with Gasteiger partial charge in [-0.1, -0.05) is 35.9 Å². The molecule has 1 aliphatic heterocycles. The molecule has 0 radical (unpaired) electrons. The fourth-order valence-electron chi connectivity index (χ4n) is 4.47. The van der Waals surface area contributed by atoms with Gasteiger partial charge in [-0.3, -0.25) is 19.8 Å². The number of likely N-dealkylation sites (tertiary alicyclic amines) is 1. The predicted octanol–water partition coefficient (Wildman–Crippen LogP) is 5.22. The highest BCUT2D eigenvalue weighted by molar-refractivity contribution is 6.06. The molecule has 1 aliphatic rings. The van der Waals surface area contributed by atoms with Crippen molar-refractivity contribution in [3.63, 3.8) is 0 Å². The number of nitrogens with zero attached hydrogens (tertiary/aromatic N) is 3. The number of nitro benzene ring substituents is 1. The second-order valence-corrected chi connectivity index (χ2v) is 8.63. The SMILES string of the molecule is COc1ccc(N(C(=O)c2ccc(C)cc2)C2CCN(Cc3ccccc3[N+](=O)[O-])CC2)cc1. The molecule has 1 amide bonds. The summed E-state index contributed by atoms with van der Waals surface area (Å²) in [5.74, 6) is 0.716. The Morgan fingerprint density at radius 3 is 2.29 bits per heavy atom. The minimum Gasteiger partial charge on any atom is -0.497 e. The molecule has 0 bridgehead atoms. The maximum Gasteiger partial charge on any atom is 0.273 e. The van der Waals surface area contributed by atoms with Gasteiger partial charge in [-0.25, -0.2) is 0 Å². The fourth-order valence-corrected chi connectivity index (χ4v) is 4.47. The van der Waals surface area contributed by atoms with Crippen LogP contribution in [0, 0.1) is 17.0 Å². The van der Waals surface area contributed by atoms with E-state index >= 15 is 0 Å². The van der Waals surface area contributed by atoms with E-state index in [0.29, 0.717) is 17.7 Å². The van der Waals surface area contributed by atoms with E-state index in [1.807, 2.05) is 72.5 Å². The van der Waals surface area contributed by atoms with Crippen LogP contribution in [0.5, 0.6) is 5.75 Å². The summed E-state index contributed by atoms with van der Waals surface area (Å²) in [5.41, 5.74) is 3.47. The molecule has 34 heavy (non-hydrogen) atoms. The van der Waals surface area contributed by atoms with Crippen LogP contribution in [0.1, 0.15) is 34.3 Å². The van der Waals surface area contributed by atoms with Gasteiger partial charge in [0.15, 0.2) is 0 Å². The summed E-state index contributed by atoms with van der Waals surface area (Å²) >= 11 is 0. The van der Waals surface area contributed by atoms with Crippen LogP contribution in [0.15, 0.2) is 72.8 Å². The van der Waals surface area contributed by atoms with Crippen LogP contribution in [-0.4, -0.2) is 42.0 Å². The molecule has 0 N–H and O–H groups in total. The second-order valence-electron chi connectivity index (χ2n) is 8.63. The van der Waals surface area contributed by atoms with Crippen molar-refractivity contribution in [1.29, 1.82) is 0 Å². The molecule has 7 nitrogen and oxygen atoms in total. The first-order chi connectivity index (χ1) is 16.5. The molecule has 1 heterocycles.